The Morgan fingerprint density at radius 2 is 1.78 bits per heavy atom. The molecule has 0 aromatic heterocycles. The number of hydrogen-bond donors (Lipinski definition) is 2. The second-order valence-corrected chi connectivity index (χ2v) is 10.7. The molecule has 5 nitrogen and oxygen atoms in total. The van der Waals surface area contributed by atoms with Crippen molar-refractivity contribution in [2.24, 2.45) is 23.7 Å². The number of aryl methyl sites for hydroxylation is 1. The van der Waals surface area contributed by atoms with Crippen LogP contribution >= 0.6 is 0 Å². The number of allylic oxidation sites excluding steroid dienone is 5. The van der Waals surface area contributed by atoms with E-state index in [1.54, 1.807) is 0 Å². The highest BCUT2D eigenvalue weighted by molar-refractivity contribution is 5.96. The highest BCUT2D eigenvalue weighted by atomic mass is 16.5. The van der Waals surface area contributed by atoms with E-state index in [-0.39, 0.29) is 30.9 Å². The van der Waals surface area contributed by atoms with Crippen LogP contribution in [-0.2, 0) is 9.59 Å². The van der Waals surface area contributed by atoms with Gasteiger partial charge in [0.15, 0.2) is 0 Å². The Morgan fingerprint density at radius 1 is 1.06 bits per heavy atom. The predicted octanol–water partition coefficient (Wildman–Crippen LogP) is 6.50. The number of nitrogens with one attached hydrogen (secondary N) is 1. The van der Waals surface area contributed by atoms with Crippen molar-refractivity contribution in [3.05, 3.63) is 71.4 Å². The number of carboxylic acids is 1. The highest BCUT2D eigenvalue weighted by Gasteiger charge is 2.25. The second-order valence-electron chi connectivity index (χ2n) is 10.7. The summed E-state index contributed by atoms with van der Waals surface area (Å²) in [6.45, 7) is 11.2. The largest absolute Gasteiger partial charge is 0.490 e. The number of amides is 1. The van der Waals surface area contributed by atoms with Crippen LogP contribution in [0.3, 0.4) is 0 Å². The van der Waals surface area contributed by atoms with E-state index in [0.717, 1.165) is 18.6 Å². The van der Waals surface area contributed by atoms with Crippen molar-refractivity contribution in [3.8, 4) is 5.75 Å². The van der Waals surface area contributed by atoms with Crippen LogP contribution in [0.5, 0.6) is 5.75 Å². The molecule has 194 valence electrons. The van der Waals surface area contributed by atoms with Crippen LogP contribution < -0.4 is 10.1 Å². The molecule has 36 heavy (non-hydrogen) atoms. The van der Waals surface area contributed by atoms with Gasteiger partial charge >= 0.3 is 5.97 Å². The monoisotopic (exact) mass is 491 g/mol. The number of carbonyl (C=O) groups is 2. The molecule has 1 aromatic rings. The summed E-state index contributed by atoms with van der Waals surface area (Å²) in [4.78, 5) is 23.0. The first-order valence-electron chi connectivity index (χ1n) is 13.2. The lowest BCUT2D eigenvalue weighted by molar-refractivity contribution is -0.136. The lowest BCUT2D eigenvalue weighted by Crippen LogP contribution is -2.30. The van der Waals surface area contributed by atoms with Gasteiger partial charge in [0.05, 0.1) is 6.42 Å². The molecule has 2 aliphatic rings. The molecule has 0 radical (unpaired) electrons. The predicted molar refractivity (Wildman–Crippen MR) is 146 cm³/mol. The molecule has 0 spiro atoms. The number of benzene rings is 1. The van der Waals surface area contributed by atoms with Crippen molar-refractivity contribution < 1.29 is 19.4 Å². The van der Waals surface area contributed by atoms with E-state index in [9.17, 15) is 9.59 Å². The average molecular weight is 492 g/mol. The molecule has 3 unspecified atom stereocenters. The molecule has 2 aliphatic carbocycles. The lowest BCUT2D eigenvalue weighted by Gasteiger charge is -2.29. The summed E-state index contributed by atoms with van der Waals surface area (Å²) >= 11 is 0. The molecule has 0 aliphatic heterocycles. The molecule has 0 heterocycles. The first-order valence-corrected chi connectivity index (χ1v) is 13.2. The first-order chi connectivity index (χ1) is 17.1. The minimum Gasteiger partial charge on any atom is -0.490 e. The fraction of sp³-hybridized carbons (Fsp3) is 0.484. The maximum absolute atomic E-state index is 12.3. The first kappa shape index (κ1) is 27.5. The second kappa shape index (κ2) is 12.8. The summed E-state index contributed by atoms with van der Waals surface area (Å²) in [6.07, 6.45) is 15.4. The zero-order chi connectivity index (χ0) is 26.2. The normalized spacial score (nSPS) is 20.2. The minimum absolute atomic E-state index is 0.0000337. The fourth-order valence-electron chi connectivity index (χ4n) is 4.78. The van der Waals surface area contributed by atoms with Crippen molar-refractivity contribution in [3.63, 3.8) is 0 Å². The van der Waals surface area contributed by atoms with Gasteiger partial charge in [0, 0.05) is 18.0 Å². The van der Waals surface area contributed by atoms with Crippen LogP contribution in [0.4, 0.5) is 0 Å². The SMILES string of the molecule is Cc1cc(OC(CC(C)C)C2C=CC(C(=O)NCCC(=O)O)=CC2)ccc1C1=CCC(C(C)C)C=C1. The molecule has 1 aromatic carbocycles. The van der Waals surface area contributed by atoms with Gasteiger partial charge in [0.25, 0.3) is 5.91 Å². The maximum Gasteiger partial charge on any atom is 0.305 e. The van der Waals surface area contributed by atoms with Crippen molar-refractivity contribution in [2.75, 3.05) is 6.54 Å². The summed E-state index contributed by atoms with van der Waals surface area (Å²) in [7, 11) is 0. The van der Waals surface area contributed by atoms with Crippen LogP contribution in [0.25, 0.3) is 5.57 Å². The van der Waals surface area contributed by atoms with E-state index < -0.39 is 5.97 Å². The van der Waals surface area contributed by atoms with Gasteiger partial charge in [-0.05, 0) is 72.8 Å². The number of hydrogen-bond acceptors (Lipinski definition) is 3. The van der Waals surface area contributed by atoms with Gasteiger partial charge in [-0.3, -0.25) is 9.59 Å². The van der Waals surface area contributed by atoms with Crippen LogP contribution in [0.15, 0.2) is 60.2 Å². The quantitative estimate of drug-likeness (QED) is 0.371. The molecular formula is C31H41NO4. The Morgan fingerprint density at radius 3 is 2.33 bits per heavy atom. The molecule has 0 bridgehead atoms. The molecule has 3 rings (SSSR count). The summed E-state index contributed by atoms with van der Waals surface area (Å²) in [5.41, 5.74) is 4.31. The number of carboxylic acid groups (broad SMARTS) is 1. The maximum atomic E-state index is 12.3. The van der Waals surface area contributed by atoms with Crippen LogP contribution in [0, 0.1) is 30.6 Å². The van der Waals surface area contributed by atoms with Gasteiger partial charge in [0.2, 0.25) is 0 Å². The zero-order valence-electron chi connectivity index (χ0n) is 22.3. The molecule has 2 N–H and O–H groups in total. The third-order valence-corrected chi connectivity index (χ3v) is 6.99. The zero-order valence-corrected chi connectivity index (χ0v) is 22.3. The molecule has 3 atom stereocenters. The van der Waals surface area contributed by atoms with E-state index in [0.29, 0.717) is 29.7 Å². The standard InChI is InChI=1S/C31H41NO4/c1-20(2)18-29(25-10-12-26(13-11-25)31(35)32-17-16-30(33)34)36-27-14-15-28(22(5)19-27)24-8-6-23(7-9-24)21(3)4/h6,8-10,12-15,19-21,23,25,29H,7,11,16-18H2,1-5H3,(H,32,35)(H,33,34). The van der Waals surface area contributed by atoms with E-state index in [1.807, 2.05) is 12.2 Å². The minimum atomic E-state index is -0.924. The Bertz CT molecular complexity index is 1060. The van der Waals surface area contributed by atoms with E-state index >= 15 is 0 Å². The van der Waals surface area contributed by atoms with Gasteiger partial charge in [-0.2, -0.15) is 0 Å². The molecule has 5 heteroatoms. The van der Waals surface area contributed by atoms with Gasteiger partial charge in [0.1, 0.15) is 11.9 Å². The molecule has 0 fully saturated rings. The van der Waals surface area contributed by atoms with E-state index in [2.05, 4.69) is 82.4 Å². The summed E-state index contributed by atoms with van der Waals surface area (Å²) in [5, 5.41) is 11.4. The number of ether oxygens (including phenoxy) is 1. The average Bonchev–Trinajstić information content (AvgIpc) is 2.83. The molecule has 0 saturated heterocycles. The number of rotatable bonds is 11. The van der Waals surface area contributed by atoms with Crippen LogP contribution in [0.1, 0.15) is 64.5 Å². The van der Waals surface area contributed by atoms with Crippen LogP contribution in [-0.4, -0.2) is 29.6 Å². The Labute approximate surface area is 216 Å². The number of carbonyl (C=O) groups excluding carboxylic acids is 1. The molecule has 0 saturated carbocycles. The third kappa shape index (κ3) is 7.71. The van der Waals surface area contributed by atoms with Crippen LogP contribution in [0.2, 0.25) is 0 Å². The summed E-state index contributed by atoms with van der Waals surface area (Å²) in [5.74, 6) is 1.62. The van der Waals surface area contributed by atoms with Gasteiger partial charge in [-0.15, -0.1) is 0 Å². The van der Waals surface area contributed by atoms with Crippen molar-refractivity contribution in [1.82, 2.24) is 5.32 Å². The smallest absolute Gasteiger partial charge is 0.305 e. The van der Waals surface area contributed by atoms with Crippen molar-refractivity contribution in [2.45, 2.75) is 66.4 Å². The van der Waals surface area contributed by atoms with Gasteiger partial charge < -0.3 is 15.2 Å². The number of aliphatic carboxylic acids is 1. The Kier molecular flexibility index (Phi) is 9.74. The van der Waals surface area contributed by atoms with Crippen molar-refractivity contribution in [1.29, 1.82) is 0 Å². The molecular weight excluding hydrogens is 450 g/mol. The van der Waals surface area contributed by atoms with Gasteiger partial charge in [-0.25, -0.2) is 0 Å². The Hall–Kier alpha value is -3.08. The third-order valence-electron chi connectivity index (χ3n) is 6.99. The fourth-order valence-corrected chi connectivity index (χ4v) is 4.78. The highest BCUT2D eigenvalue weighted by Crippen LogP contribution is 2.33. The molecule has 1 amide bonds. The van der Waals surface area contributed by atoms with E-state index in [4.69, 9.17) is 9.84 Å². The summed E-state index contributed by atoms with van der Waals surface area (Å²) in [6, 6.07) is 6.37. The topological polar surface area (TPSA) is 75.6 Å². The summed E-state index contributed by atoms with van der Waals surface area (Å²) < 4.78 is 6.54. The van der Waals surface area contributed by atoms with Crippen molar-refractivity contribution >= 4 is 17.4 Å². The lowest BCUT2D eigenvalue weighted by atomic mass is 9.85. The Balaban J connectivity index is 1.65. The van der Waals surface area contributed by atoms with E-state index in [1.165, 1.54) is 16.7 Å². The van der Waals surface area contributed by atoms with Gasteiger partial charge in [-0.1, -0.05) is 70.2 Å².